The molecule has 0 spiro atoms. The van der Waals surface area contributed by atoms with E-state index < -0.39 is 0 Å². The van der Waals surface area contributed by atoms with Gasteiger partial charge in [-0.2, -0.15) is 9.97 Å². The molecule has 0 N–H and O–H groups in total. The van der Waals surface area contributed by atoms with E-state index in [1.54, 1.807) is 0 Å². The van der Waals surface area contributed by atoms with Crippen LogP contribution in [0.3, 0.4) is 0 Å². The standard InChI is InChI=1S/C63H39N5/c1-4-17-40(18-5-1)44-31-33-49-47-25-10-11-26-48(47)54-39-45(32-34-50(54)55(49)38-44)43-23-16-24-46(37-43)67-57-30-15-13-28-53(57)59-58(67)36-35-52-51-27-12-14-29-56(51)68(60(52)59)63-65-61(41-19-6-2-7-20-41)64-62(66-63)42-21-8-3-9-22-42/h1-39H. The zero-order chi connectivity index (χ0) is 44.7. The fourth-order valence-electron chi connectivity index (χ4n) is 10.7. The maximum Gasteiger partial charge on any atom is 0.238 e. The highest BCUT2D eigenvalue weighted by molar-refractivity contribution is 6.27. The van der Waals surface area contributed by atoms with E-state index in [0.717, 1.165) is 66.0 Å². The van der Waals surface area contributed by atoms with E-state index in [1.165, 1.54) is 49.0 Å². The SMILES string of the molecule is c1ccc(-c2ccc3c4ccccc4c4cc(-c5cccc(-n6c7ccccc7c7c6ccc6c8ccccc8n(-c8nc(-c9ccccc9)nc(-c9ccccc9)n8)c67)c5)ccc4c3c2)cc1. The van der Waals surface area contributed by atoms with Crippen LogP contribution in [-0.2, 0) is 0 Å². The average molecular weight is 866 g/mol. The van der Waals surface area contributed by atoms with E-state index in [9.17, 15) is 0 Å². The van der Waals surface area contributed by atoms with Crippen molar-refractivity contribution in [3.05, 3.63) is 237 Å². The van der Waals surface area contributed by atoms with Gasteiger partial charge in [-0.3, -0.25) is 4.57 Å². The van der Waals surface area contributed by atoms with Gasteiger partial charge in [-0.05, 0) is 97.0 Å². The van der Waals surface area contributed by atoms with Crippen LogP contribution in [-0.4, -0.2) is 24.1 Å². The van der Waals surface area contributed by atoms with Gasteiger partial charge < -0.3 is 4.57 Å². The molecule has 5 nitrogen and oxygen atoms in total. The van der Waals surface area contributed by atoms with Crippen molar-refractivity contribution in [3.8, 4) is 56.7 Å². The molecule has 14 aromatic rings. The zero-order valence-electron chi connectivity index (χ0n) is 36.8. The first-order chi connectivity index (χ1) is 33.7. The number of hydrogen-bond acceptors (Lipinski definition) is 3. The molecule has 0 radical (unpaired) electrons. The molecule has 0 aliphatic rings. The minimum Gasteiger partial charge on any atom is -0.309 e. The van der Waals surface area contributed by atoms with Crippen LogP contribution in [0.1, 0.15) is 0 Å². The molecular formula is C63H39N5. The number of para-hydroxylation sites is 2. The van der Waals surface area contributed by atoms with Gasteiger partial charge in [-0.25, -0.2) is 4.98 Å². The Morgan fingerprint density at radius 3 is 1.35 bits per heavy atom. The third kappa shape index (κ3) is 5.93. The van der Waals surface area contributed by atoms with Gasteiger partial charge >= 0.3 is 0 Å². The fraction of sp³-hybridized carbons (Fsp3) is 0. The highest BCUT2D eigenvalue weighted by atomic mass is 15.2. The van der Waals surface area contributed by atoms with Crippen LogP contribution >= 0.6 is 0 Å². The van der Waals surface area contributed by atoms with Crippen LogP contribution in [0.15, 0.2) is 237 Å². The van der Waals surface area contributed by atoms with Gasteiger partial charge in [0.15, 0.2) is 11.6 Å². The Labute approximate surface area is 391 Å². The number of aromatic nitrogens is 5. The van der Waals surface area contributed by atoms with Crippen molar-refractivity contribution in [2.24, 2.45) is 0 Å². The monoisotopic (exact) mass is 865 g/mol. The Morgan fingerprint density at radius 2 is 0.706 bits per heavy atom. The summed E-state index contributed by atoms with van der Waals surface area (Å²) in [6.07, 6.45) is 0. The highest BCUT2D eigenvalue weighted by Crippen LogP contribution is 2.43. The molecule has 3 aromatic heterocycles. The topological polar surface area (TPSA) is 48.5 Å². The molecule has 68 heavy (non-hydrogen) atoms. The van der Waals surface area contributed by atoms with Crippen molar-refractivity contribution in [2.45, 2.75) is 0 Å². The number of fused-ring (bicyclic) bond motifs is 13. The van der Waals surface area contributed by atoms with Crippen LogP contribution < -0.4 is 0 Å². The molecule has 3 heterocycles. The minimum absolute atomic E-state index is 0.572. The lowest BCUT2D eigenvalue weighted by molar-refractivity contribution is 0.955. The van der Waals surface area contributed by atoms with Crippen LogP contribution in [0.5, 0.6) is 0 Å². The Balaban J connectivity index is 0.986. The predicted octanol–water partition coefficient (Wildman–Crippen LogP) is 16.2. The van der Waals surface area contributed by atoms with Gasteiger partial charge in [0.2, 0.25) is 5.95 Å². The van der Waals surface area contributed by atoms with Crippen LogP contribution in [0.4, 0.5) is 0 Å². The molecular weight excluding hydrogens is 827 g/mol. The second-order valence-corrected chi connectivity index (χ2v) is 17.6. The zero-order valence-corrected chi connectivity index (χ0v) is 36.8. The van der Waals surface area contributed by atoms with Crippen molar-refractivity contribution in [2.75, 3.05) is 0 Å². The second-order valence-electron chi connectivity index (χ2n) is 17.6. The van der Waals surface area contributed by atoms with Crippen LogP contribution in [0.25, 0.3) is 133 Å². The summed E-state index contributed by atoms with van der Waals surface area (Å²) in [5, 5.41) is 12.1. The molecule has 0 saturated heterocycles. The van der Waals surface area contributed by atoms with Gasteiger partial charge in [0.25, 0.3) is 0 Å². The molecule has 0 unspecified atom stereocenters. The summed E-state index contributed by atoms with van der Waals surface area (Å²) in [6.45, 7) is 0. The van der Waals surface area contributed by atoms with Gasteiger partial charge in [0.05, 0.1) is 22.1 Å². The smallest absolute Gasteiger partial charge is 0.238 e. The molecule has 316 valence electrons. The van der Waals surface area contributed by atoms with Crippen molar-refractivity contribution >= 4 is 75.9 Å². The van der Waals surface area contributed by atoms with Gasteiger partial charge in [0.1, 0.15) is 0 Å². The first kappa shape index (κ1) is 38.1. The van der Waals surface area contributed by atoms with Gasteiger partial charge in [-0.15, -0.1) is 0 Å². The van der Waals surface area contributed by atoms with Gasteiger partial charge in [0, 0.05) is 38.4 Å². The van der Waals surface area contributed by atoms with E-state index in [-0.39, 0.29) is 0 Å². The van der Waals surface area contributed by atoms with E-state index in [0.29, 0.717) is 17.6 Å². The molecule has 0 aliphatic heterocycles. The van der Waals surface area contributed by atoms with E-state index >= 15 is 0 Å². The Morgan fingerprint density at radius 1 is 0.250 bits per heavy atom. The lowest BCUT2D eigenvalue weighted by Gasteiger charge is -2.14. The van der Waals surface area contributed by atoms with Crippen molar-refractivity contribution in [3.63, 3.8) is 0 Å². The molecule has 11 aromatic carbocycles. The van der Waals surface area contributed by atoms with E-state index in [2.05, 4.69) is 209 Å². The Bertz CT molecular complexity index is 4250. The molecule has 14 rings (SSSR count). The predicted molar refractivity (Wildman–Crippen MR) is 283 cm³/mol. The van der Waals surface area contributed by atoms with Crippen molar-refractivity contribution in [1.29, 1.82) is 0 Å². The fourth-order valence-corrected chi connectivity index (χ4v) is 10.7. The van der Waals surface area contributed by atoms with Crippen LogP contribution in [0.2, 0.25) is 0 Å². The van der Waals surface area contributed by atoms with Crippen molar-refractivity contribution in [1.82, 2.24) is 24.1 Å². The maximum absolute atomic E-state index is 5.28. The minimum atomic E-state index is 0.572. The summed E-state index contributed by atoms with van der Waals surface area (Å²) in [4.78, 5) is 15.6. The third-order valence-electron chi connectivity index (χ3n) is 13.7. The summed E-state index contributed by atoms with van der Waals surface area (Å²) in [7, 11) is 0. The van der Waals surface area contributed by atoms with Crippen molar-refractivity contribution < 1.29 is 0 Å². The lowest BCUT2D eigenvalue weighted by Crippen LogP contribution is -2.06. The molecule has 0 amide bonds. The molecule has 0 aliphatic carbocycles. The average Bonchev–Trinajstić information content (AvgIpc) is 3.94. The van der Waals surface area contributed by atoms with E-state index in [1.807, 2.05) is 36.4 Å². The molecule has 0 saturated carbocycles. The summed E-state index contributed by atoms with van der Waals surface area (Å²) in [5.74, 6) is 1.82. The molecule has 0 fully saturated rings. The molecule has 0 atom stereocenters. The first-order valence-corrected chi connectivity index (χ1v) is 23.1. The maximum atomic E-state index is 5.28. The Hall–Kier alpha value is -9.19. The Kier molecular flexibility index (Phi) is 8.52. The summed E-state index contributed by atoms with van der Waals surface area (Å²) in [6, 6.07) is 84.7. The number of benzene rings is 11. The van der Waals surface area contributed by atoms with Crippen LogP contribution in [0, 0.1) is 0 Å². The van der Waals surface area contributed by atoms with E-state index in [4.69, 9.17) is 15.0 Å². The first-order valence-electron chi connectivity index (χ1n) is 23.1. The second kappa shape index (κ2) is 15.2. The quantitative estimate of drug-likeness (QED) is 0.156. The summed E-state index contributed by atoms with van der Waals surface area (Å²) < 4.78 is 4.68. The number of nitrogens with zero attached hydrogens (tertiary/aromatic N) is 5. The summed E-state index contributed by atoms with van der Waals surface area (Å²) >= 11 is 0. The lowest BCUT2D eigenvalue weighted by atomic mass is 9.90. The van der Waals surface area contributed by atoms with Gasteiger partial charge in [-0.1, -0.05) is 194 Å². The normalized spacial score (nSPS) is 11.8. The largest absolute Gasteiger partial charge is 0.309 e. The molecule has 5 heteroatoms. The molecule has 0 bridgehead atoms. The third-order valence-corrected chi connectivity index (χ3v) is 13.7. The number of rotatable bonds is 6. The highest BCUT2D eigenvalue weighted by Gasteiger charge is 2.23. The number of hydrogen-bond donors (Lipinski definition) is 0. The summed E-state index contributed by atoms with van der Waals surface area (Å²) in [5.41, 5.74) is 12.0.